The zero-order valence-corrected chi connectivity index (χ0v) is 19.2. The first kappa shape index (κ1) is 22.3. The number of urea groups is 1. The van der Waals surface area contributed by atoms with Crippen LogP contribution >= 0.6 is 11.8 Å². The van der Waals surface area contributed by atoms with E-state index in [0.29, 0.717) is 19.0 Å². The monoisotopic (exact) mass is 451 g/mol. The summed E-state index contributed by atoms with van der Waals surface area (Å²) in [4.78, 5) is 23.8. The van der Waals surface area contributed by atoms with E-state index in [0.717, 1.165) is 23.8 Å². The highest BCUT2D eigenvalue weighted by Gasteiger charge is 2.24. The van der Waals surface area contributed by atoms with Gasteiger partial charge in [0.2, 0.25) is 5.91 Å². The Kier molecular flexibility index (Phi) is 7.42. The van der Waals surface area contributed by atoms with E-state index >= 15 is 0 Å². The molecule has 4 rings (SSSR count). The van der Waals surface area contributed by atoms with Gasteiger partial charge in [0, 0.05) is 19.0 Å². The quantitative estimate of drug-likeness (QED) is 0.518. The molecule has 168 valence electrons. The van der Waals surface area contributed by atoms with Gasteiger partial charge in [-0.1, -0.05) is 73.5 Å². The van der Waals surface area contributed by atoms with E-state index in [9.17, 15) is 9.59 Å². The zero-order valence-electron chi connectivity index (χ0n) is 18.3. The van der Waals surface area contributed by atoms with Crippen LogP contribution in [0.25, 0.3) is 10.8 Å². The summed E-state index contributed by atoms with van der Waals surface area (Å²) in [5.74, 6) is 0.714. The number of hydrogen-bond donors (Lipinski definition) is 2. The summed E-state index contributed by atoms with van der Waals surface area (Å²) < 4.78 is 2.24. The molecule has 32 heavy (non-hydrogen) atoms. The number of nitrogens with zero attached hydrogens (tertiary/aromatic N) is 3. The molecule has 0 atom stereocenters. The molecule has 1 fully saturated rings. The van der Waals surface area contributed by atoms with Gasteiger partial charge in [-0.2, -0.15) is 0 Å². The summed E-state index contributed by atoms with van der Waals surface area (Å²) in [6.45, 7) is 2.28. The predicted molar refractivity (Wildman–Crippen MR) is 127 cm³/mol. The van der Waals surface area contributed by atoms with Crippen molar-refractivity contribution in [2.75, 3.05) is 12.3 Å². The van der Waals surface area contributed by atoms with Crippen molar-refractivity contribution in [1.29, 1.82) is 0 Å². The summed E-state index contributed by atoms with van der Waals surface area (Å²) >= 11 is 1.34. The van der Waals surface area contributed by atoms with Gasteiger partial charge in [0.15, 0.2) is 5.16 Å². The number of aromatic nitrogens is 3. The first-order valence-corrected chi connectivity index (χ1v) is 12.2. The minimum atomic E-state index is -0.469. The minimum absolute atomic E-state index is 0.121. The number of thioether (sulfide) groups is 1. The lowest BCUT2D eigenvalue weighted by molar-refractivity contribution is -0.117. The largest absolute Gasteiger partial charge is 0.338 e. The minimum Gasteiger partial charge on any atom is -0.338 e. The van der Waals surface area contributed by atoms with E-state index in [2.05, 4.69) is 67.9 Å². The molecule has 1 aliphatic carbocycles. The number of fused-ring (bicyclic) bond motifs is 1. The molecule has 0 saturated heterocycles. The molecule has 3 aromatic rings. The smallest absolute Gasteiger partial charge is 0.321 e. The van der Waals surface area contributed by atoms with Gasteiger partial charge in [-0.25, -0.2) is 4.79 Å². The third-order valence-electron chi connectivity index (χ3n) is 5.83. The average Bonchev–Trinajstić information content (AvgIpc) is 3.21. The maximum absolute atomic E-state index is 12.2. The lowest BCUT2D eigenvalue weighted by Crippen LogP contribution is -2.40. The second-order valence-corrected chi connectivity index (χ2v) is 9.01. The topological polar surface area (TPSA) is 88.9 Å². The van der Waals surface area contributed by atoms with Crippen LogP contribution in [0.3, 0.4) is 0 Å². The van der Waals surface area contributed by atoms with Crippen molar-refractivity contribution in [3.8, 4) is 0 Å². The standard InChI is InChI=1S/C24H29N5O2S/c1-2-25-23(31)26-22(30)16-32-24-28-27-21(29(24)19-12-4-3-5-13-19)15-18-11-8-10-17-9-6-7-14-20(17)18/h6-11,14,19H,2-5,12-13,15-16H2,1H3,(H2,25,26,30,31). The van der Waals surface area contributed by atoms with Crippen LogP contribution in [0.2, 0.25) is 0 Å². The van der Waals surface area contributed by atoms with Gasteiger partial charge in [-0.05, 0) is 36.1 Å². The number of amides is 3. The van der Waals surface area contributed by atoms with Crippen LogP contribution in [0.4, 0.5) is 4.79 Å². The van der Waals surface area contributed by atoms with Crippen LogP contribution in [-0.4, -0.2) is 39.0 Å². The molecule has 8 heteroatoms. The van der Waals surface area contributed by atoms with Gasteiger partial charge >= 0.3 is 6.03 Å². The molecule has 2 aromatic carbocycles. The fourth-order valence-electron chi connectivity index (χ4n) is 4.35. The van der Waals surface area contributed by atoms with Crippen LogP contribution in [0, 0.1) is 0 Å². The third kappa shape index (κ3) is 5.30. The molecule has 0 aliphatic heterocycles. The Balaban J connectivity index is 1.56. The third-order valence-corrected chi connectivity index (χ3v) is 6.77. The van der Waals surface area contributed by atoms with Crippen molar-refractivity contribution >= 4 is 34.5 Å². The molecule has 1 heterocycles. The van der Waals surface area contributed by atoms with Crippen molar-refractivity contribution in [3.05, 3.63) is 53.9 Å². The van der Waals surface area contributed by atoms with Gasteiger partial charge in [0.05, 0.1) is 5.75 Å². The Morgan fingerprint density at radius 2 is 1.84 bits per heavy atom. The molecule has 0 radical (unpaired) electrons. The lowest BCUT2D eigenvalue weighted by Gasteiger charge is -2.25. The summed E-state index contributed by atoms with van der Waals surface area (Å²) in [5.41, 5.74) is 1.22. The molecule has 0 spiro atoms. The maximum atomic E-state index is 12.2. The number of imide groups is 1. The first-order valence-electron chi connectivity index (χ1n) is 11.3. The van der Waals surface area contributed by atoms with Gasteiger partial charge in [0.25, 0.3) is 0 Å². The van der Waals surface area contributed by atoms with Gasteiger partial charge in [-0.3, -0.25) is 10.1 Å². The van der Waals surface area contributed by atoms with Crippen molar-refractivity contribution in [2.45, 2.75) is 56.6 Å². The fraction of sp³-hybridized carbons (Fsp3) is 0.417. The van der Waals surface area contributed by atoms with E-state index in [1.165, 1.54) is 47.4 Å². The Morgan fingerprint density at radius 3 is 2.66 bits per heavy atom. The number of nitrogens with one attached hydrogen (secondary N) is 2. The highest BCUT2D eigenvalue weighted by atomic mass is 32.2. The Bertz CT molecular complexity index is 1090. The Labute approximate surface area is 192 Å². The van der Waals surface area contributed by atoms with Crippen LogP contribution in [0.15, 0.2) is 47.6 Å². The molecule has 7 nitrogen and oxygen atoms in total. The number of carbonyl (C=O) groups excluding carboxylic acids is 2. The second kappa shape index (κ2) is 10.6. The molecule has 1 saturated carbocycles. The molecule has 3 amide bonds. The predicted octanol–water partition coefficient (Wildman–Crippen LogP) is 4.47. The summed E-state index contributed by atoms with van der Waals surface area (Å²) in [5, 5.41) is 17.1. The molecule has 1 aromatic heterocycles. The summed E-state index contributed by atoms with van der Waals surface area (Å²) in [6.07, 6.45) is 6.53. The van der Waals surface area contributed by atoms with Crippen molar-refractivity contribution in [3.63, 3.8) is 0 Å². The summed E-state index contributed by atoms with van der Waals surface area (Å²) in [7, 11) is 0. The summed E-state index contributed by atoms with van der Waals surface area (Å²) in [6, 6.07) is 14.6. The van der Waals surface area contributed by atoms with Crippen molar-refractivity contribution in [2.24, 2.45) is 0 Å². The van der Waals surface area contributed by atoms with Gasteiger partial charge < -0.3 is 9.88 Å². The van der Waals surface area contributed by atoms with Crippen LogP contribution in [0.1, 0.15) is 56.5 Å². The number of carbonyl (C=O) groups is 2. The fourth-order valence-corrected chi connectivity index (χ4v) is 5.17. The number of hydrogen-bond acceptors (Lipinski definition) is 5. The van der Waals surface area contributed by atoms with Crippen LogP contribution in [0.5, 0.6) is 0 Å². The van der Waals surface area contributed by atoms with E-state index in [1.807, 2.05) is 6.92 Å². The van der Waals surface area contributed by atoms with Gasteiger partial charge in [-0.15, -0.1) is 10.2 Å². The number of rotatable bonds is 7. The molecule has 0 unspecified atom stereocenters. The normalized spacial score (nSPS) is 14.4. The van der Waals surface area contributed by atoms with Crippen LogP contribution in [-0.2, 0) is 11.2 Å². The van der Waals surface area contributed by atoms with Crippen molar-refractivity contribution in [1.82, 2.24) is 25.4 Å². The first-order chi connectivity index (χ1) is 15.7. The van der Waals surface area contributed by atoms with E-state index in [-0.39, 0.29) is 11.7 Å². The second-order valence-electron chi connectivity index (χ2n) is 8.07. The van der Waals surface area contributed by atoms with Gasteiger partial charge in [0.1, 0.15) is 5.82 Å². The van der Waals surface area contributed by atoms with E-state index in [1.54, 1.807) is 0 Å². The van der Waals surface area contributed by atoms with Crippen molar-refractivity contribution < 1.29 is 9.59 Å². The highest BCUT2D eigenvalue weighted by Crippen LogP contribution is 2.33. The lowest BCUT2D eigenvalue weighted by atomic mass is 9.95. The molecule has 0 bridgehead atoms. The Hall–Kier alpha value is -2.87. The van der Waals surface area contributed by atoms with E-state index < -0.39 is 6.03 Å². The maximum Gasteiger partial charge on any atom is 0.321 e. The molecule has 2 N–H and O–H groups in total. The number of benzene rings is 2. The zero-order chi connectivity index (χ0) is 22.3. The average molecular weight is 452 g/mol. The Morgan fingerprint density at radius 1 is 1.06 bits per heavy atom. The SMILES string of the molecule is CCNC(=O)NC(=O)CSc1nnc(Cc2cccc3ccccc23)n1C1CCCCC1. The molecular formula is C24H29N5O2S. The van der Waals surface area contributed by atoms with E-state index in [4.69, 9.17) is 0 Å². The molecular weight excluding hydrogens is 422 g/mol. The van der Waals surface area contributed by atoms with Crippen LogP contribution < -0.4 is 10.6 Å². The molecule has 1 aliphatic rings. The highest BCUT2D eigenvalue weighted by molar-refractivity contribution is 7.99.